The first kappa shape index (κ1) is 12.3. The average molecular weight is 253 g/mol. The van der Waals surface area contributed by atoms with Gasteiger partial charge in [0.05, 0.1) is 0 Å². The van der Waals surface area contributed by atoms with Gasteiger partial charge in [-0.2, -0.15) is 0 Å². The fraction of sp³-hybridized carbons (Fsp3) is 0.222. The van der Waals surface area contributed by atoms with E-state index in [2.05, 4.69) is 77.2 Å². The van der Waals surface area contributed by atoms with Gasteiger partial charge >= 0.3 is 129 Å². The molecule has 0 bridgehead atoms. The summed E-state index contributed by atoms with van der Waals surface area (Å²) in [4.78, 5) is 2.58. The summed E-state index contributed by atoms with van der Waals surface area (Å²) >= 11 is 2.33. The average Bonchev–Trinajstić information content (AvgIpc) is 2.92. The van der Waals surface area contributed by atoms with Crippen molar-refractivity contribution < 1.29 is 0 Å². The fourth-order valence-corrected chi connectivity index (χ4v) is 3.64. The maximum absolute atomic E-state index is 2.58. The third-order valence-electron chi connectivity index (χ3n) is 4.71. The monoisotopic (exact) mass is 253 g/mol. The molecular weight excluding hydrogens is 237 g/mol. The number of hydrogen-bond acceptors (Lipinski definition) is 1. The van der Waals surface area contributed by atoms with Gasteiger partial charge in [-0.1, -0.05) is 0 Å². The van der Waals surface area contributed by atoms with Crippen molar-refractivity contribution in [2.75, 3.05) is 6.54 Å². The number of nitrogens with zero attached hydrogens (tertiary/aromatic N) is 1. The second-order valence-electron chi connectivity index (χ2n) is 5.77. The van der Waals surface area contributed by atoms with Crippen molar-refractivity contribution in [1.82, 2.24) is 4.90 Å². The summed E-state index contributed by atoms with van der Waals surface area (Å²) in [5.74, 6) is 0. The van der Waals surface area contributed by atoms with E-state index in [1.807, 2.05) is 0 Å². The first-order valence-electron chi connectivity index (χ1n) is 7.47. The van der Waals surface area contributed by atoms with Gasteiger partial charge in [-0.25, -0.2) is 0 Å². The number of rotatable bonds is 1. The standard InChI is InChI=1S/C18H16N.Li/c1-2-7-16-13-19(12-11-14(16)5-1)18-10-9-15-6-3-4-8-17(15)18;/h1-8,10,13H,9,11-12H2;. The van der Waals surface area contributed by atoms with E-state index in [1.54, 1.807) is 0 Å². The predicted molar refractivity (Wildman–Crippen MR) is 83.5 cm³/mol. The Labute approximate surface area is 129 Å². The van der Waals surface area contributed by atoms with Crippen molar-refractivity contribution in [3.63, 3.8) is 0 Å². The minimum absolute atomic E-state index is 0.470. The molecule has 0 radical (unpaired) electrons. The van der Waals surface area contributed by atoms with Crippen LogP contribution < -0.4 is 0 Å². The molecule has 1 aliphatic heterocycles. The van der Waals surface area contributed by atoms with E-state index < -0.39 is 0 Å². The molecule has 0 fully saturated rings. The van der Waals surface area contributed by atoms with Crippen LogP contribution in [0.25, 0.3) is 5.70 Å². The van der Waals surface area contributed by atoms with Gasteiger partial charge in [-0.05, 0) is 0 Å². The molecule has 0 amide bonds. The van der Waals surface area contributed by atoms with E-state index in [-0.39, 0.29) is 0 Å². The van der Waals surface area contributed by atoms with Crippen molar-refractivity contribution in [3.05, 3.63) is 76.9 Å². The number of hydrogen-bond donors (Lipinski definition) is 0. The zero-order valence-electron chi connectivity index (χ0n) is 11.8. The van der Waals surface area contributed by atoms with Crippen LogP contribution in [0.15, 0.2) is 54.6 Å². The van der Waals surface area contributed by atoms with Crippen molar-refractivity contribution in [3.8, 4) is 0 Å². The van der Waals surface area contributed by atoms with Gasteiger partial charge < -0.3 is 0 Å². The Balaban J connectivity index is 1.72. The minimum atomic E-state index is 0.470. The summed E-state index contributed by atoms with van der Waals surface area (Å²) in [6.07, 6.45) is 4.63. The molecule has 1 aliphatic carbocycles. The molecule has 0 N–H and O–H groups in total. The summed E-state index contributed by atoms with van der Waals surface area (Å²) in [5.41, 5.74) is 7.34. The van der Waals surface area contributed by atoms with E-state index in [0.29, 0.717) is 4.71 Å². The molecule has 1 heterocycles. The van der Waals surface area contributed by atoms with Gasteiger partial charge in [0.15, 0.2) is 0 Å². The van der Waals surface area contributed by atoms with Crippen molar-refractivity contribution in [2.45, 2.75) is 17.6 Å². The Morgan fingerprint density at radius 2 is 1.70 bits per heavy atom. The van der Waals surface area contributed by atoms with Crippen LogP contribution in [0.4, 0.5) is 0 Å². The summed E-state index contributed by atoms with van der Waals surface area (Å²) in [6.45, 7) is 1.12. The molecule has 1 nitrogen and oxygen atoms in total. The van der Waals surface area contributed by atoms with Gasteiger partial charge in [0, 0.05) is 0 Å². The molecule has 0 aromatic heterocycles. The SMILES string of the molecule is [Li][CH]1c2ccccc2CCN1C1=CCc2ccccc21. The summed E-state index contributed by atoms with van der Waals surface area (Å²) < 4.78 is 0.470. The van der Waals surface area contributed by atoms with E-state index >= 15 is 0 Å². The molecule has 0 saturated carbocycles. The Kier molecular flexibility index (Phi) is 2.99. The van der Waals surface area contributed by atoms with Gasteiger partial charge in [0.25, 0.3) is 0 Å². The zero-order valence-corrected chi connectivity index (χ0v) is 11.8. The molecule has 0 saturated heterocycles. The molecule has 1 unspecified atom stereocenters. The zero-order chi connectivity index (χ0) is 13.5. The second kappa shape index (κ2) is 4.84. The molecule has 2 aromatic carbocycles. The Bertz CT molecular complexity index is 689. The van der Waals surface area contributed by atoms with E-state index in [0.717, 1.165) is 19.4 Å². The van der Waals surface area contributed by atoms with Crippen LogP contribution >= 0.6 is 0 Å². The van der Waals surface area contributed by atoms with Crippen LogP contribution in [-0.4, -0.2) is 29.2 Å². The van der Waals surface area contributed by atoms with E-state index in [1.165, 1.54) is 28.0 Å². The quantitative estimate of drug-likeness (QED) is 0.705. The van der Waals surface area contributed by atoms with E-state index in [4.69, 9.17) is 0 Å². The molecule has 1 atom stereocenters. The molecular formula is C18H16LiN. The molecule has 20 heavy (non-hydrogen) atoms. The van der Waals surface area contributed by atoms with Crippen LogP contribution in [0.1, 0.15) is 27.0 Å². The fourth-order valence-electron chi connectivity index (χ4n) is 3.64. The van der Waals surface area contributed by atoms with Gasteiger partial charge in [-0.15, -0.1) is 0 Å². The van der Waals surface area contributed by atoms with Crippen LogP contribution in [-0.2, 0) is 12.8 Å². The molecule has 4 rings (SSSR count). The van der Waals surface area contributed by atoms with Crippen LogP contribution in [0.3, 0.4) is 0 Å². The third-order valence-corrected chi connectivity index (χ3v) is 4.71. The van der Waals surface area contributed by atoms with Crippen molar-refractivity contribution in [1.29, 1.82) is 0 Å². The summed E-state index contributed by atoms with van der Waals surface area (Å²) in [5, 5.41) is 0. The molecule has 2 aromatic rings. The topological polar surface area (TPSA) is 3.24 Å². The predicted octanol–water partition coefficient (Wildman–Crippen LogP) is 3.31. The second-order valence-corrected chi connectivity index (χ2v) is 5.77. The molecule has 2 heteroatoms. The van der Waals surface area contributed by atoms with Gasteiger partial charge in [0.2, 0.25) is 0 Å². The van der Waals surface area contributed by atoms with Crippen molar-refractivity contribution in [2.24, 2.45) is 0 Å². The summed E-state index contributed by atoms with van der Waals surface area (Å²) in [7, 11) is 0. The number of allylic oxidation sites excluding steroid dienone is 1. The molecule has 0 spiro atoms. The first-order valence-corrected chi connectivity index (χ1v) is 7.47. The maximum atomic E-state index is 2.58. The van der Waals surface area contributed by atoms with Gasteiger partial charge in [-0.3, -0.25) is 0 Å². The number of fused-ring (bicyclic) bond motifs is 2. The van der Waals surface area contributed by atoms with Gasteiger partial charge in [0.1, 0.15) is 0 Å². The molecule has 2 aliphatic rings. The Morgan fingerprint density at radius 3 is 2.60 bits per heavy atom. The van der Waals surface area contributed by atoms with Crippen molar-refractivity contribution >= 4 is 23.4 Å². The summed E-state index contributed by atoms with van der Waals surface area (Å²) in [6, 6.07) is 17.7. The Hall–Kier alpha value is -1.42. The first-order chi connectivity index (χ1) is 9.84. The van der Waals surface area contributed by atoms with Crippen LogP contribution in [0.5, 0.6) is 0 Å². The third kappa shape index (κ3) is 1.85. The Morgan fingerprint density at radius 1 is 0.950 bits per heavy atom. The van der Waals surface area contributed by atoms with Crippen LogP contribution in [0, 0.1) is 0 Å². The number of benzene rings is 2. The van der Waals surface area contributed by atoms with Crippen LogP contribution in [0.2, 0.25) is 0 Å². The van der Waals surface area contributed by atoms with E-state index in [9.17, 15) is 0 Å². The normalized spacial score (nSPS) is 20.4. The molecule has 94 valence electrons.